The van der Waals surface area contributed by atoms with Gasteiger partial charge in [0.15, 0.2) is 12.0 Å². The molecule has 2 fully saturated rings. The summed E-state index contributed by atoms with van der Waals surface area (Å²) in [6.45, 7) is 1.58. The van der Waals surface area contributed by atoms with E-state index in [0.717, 1.165) is 31.6 Å². The minimum absolute atomic E-state index is 0.0724. The monoisotopic (exact) mass is 262 g/mol. The number of nitrogens with zero attached hydrogens (tertiary/aromatic N) is 2. The molecule has 0 aromatic rings. The van der Waals surface area contributed by atoms with E-state index in [1.807, 2.05) is 18.0 Å². The van der Waals surface area contributed by atoms with Crippen molar-refractivity contribution < 1.29 is 14.3 Å². The molecule has 3 aliphatic rings. The lowest BCUT2D eigenvalue weighted by molar-refractivity contribution is -0.128. The quantitative estimate of drug-likeness (QED) is 0.762. The van der Waals surface area contributed by atoms with Crippen molar-refractivity contribution in [2.45, 2.75) is 31.9 Å². The van der Waals surface area contributed by atoms with Gasteiger partial charge in [-0.2, -0.15) is 0 Å². The Bertz CT molecular complexity index is 481. The molecule has 0 aromatic heterocycles. The van der Waals surface area contributed by atoms with Crippen LogP contribution in [-0.4, -0.2) is 47.9 Å². The number of hydrogen-bond donors (Lipinski definition) is 0. The molecule has 5 heteroatoms. The van der Waals surface area contributed by atoms with Gasteiger partial charge in [-0.25, -0.2) is 0 Å². The number of likely N-dealkylation sites (tertiary alicyclic amines) is 1. The molecule has 0 spiro atoms. The van der Waals surface area contributed by atoms with Crippen LogP contribution in [0.25, 0.3) is 0 Å². The first-order valence-corrected chi connectivity index (χ1v) is 6.77. The van der Waals surface area contributed by atoms with E-state index in [-0.39, 0.29) is 17.9 Å². The molecule has 19 heavy (non-hydrogen) atoms. The Kier molecular flexibility index (Phi) is 3.05. The highest BCUT2D eigenvalue weighted by Crippen LogP contribution is 2.32. The second-order valence-corrected chi connectivity index (χ2v) is 5.22. The average Bonchev–Trinajstić information content (AvgIpc) is 2.91. The van der Waals surface area contributed by atoms with Crippen molar-refractivity contribution in [3.8, 4) is 0 Å². The maximum Gasteiger partial charge on any atom is 0.222 e. The van der Waals surface area contributed by atoms with E-state index in [1.54, 1.807) is 6.08 Å². The summed E-state index contributed by atoms with van der Waals surface area (Å²) in [6, 6.07) is 0. The molecule has 0 radical (unpaired) electrons. The van der Waals surface area contributed by atoms with Crippen LogP contribution in [0.15, 0.2) is 23.6 Å². The number of ketones is 1. The van der Waals surface area contributed by atoms with E-state index in [1.165, 1.54) is 0 Å². The SMILES string of the molecule is CN1C2=CCC(=O)C=C2OC1CCN1CCCC1=O. The summed E-state index contributed by atoms with van der Waals surface area (Å²) in [4.78, 5) is 26.9. The summed E-state index contributed by atoms with van der Waals surface area (Å²) in [7, 11) is 1.97. The van der Waals surface area contributed by atoms with Gasteiger partial charge in [-0.15, -0.1) is 0 Å². The molecule has 1 amide bonds. The van der Waals surface area contributed by atoms with Gasteiger partial charge < -0.3 is 14.5 Å². The number of allylic oxidation sites excluding steroid dienone is 2. The highest BCUT2D eigenvalue weighted by molar-refractivity contribution is 5.93. The zero-order valence-electron chi connectivity index (χ0n) is 11.1. The fraction of sp³-hybridized carbons (Fsp3) is 0.571. The molecular weight excluding hydrogens is 244 g/mol. The van der Waals surface area contributed by atoms with Crippen LogP contribution >= 0.6 is 0 Å². The van der Waals surface area contributed by atoms with Gasteiger partial charge in [0.1, 0.15) is 5.76 Å². The zero-order chi connectivity index (χ0) is 13.4. The van der Waals surface area contributed by atoms with E-state index in [0.29, 0.717) is 18.6 Å². The molecular formula is C14H18N2O3. The lowest BCUT2D eigenvalue weighted by atomic mass is 10.1. The summed E-state index contributed by atoms with van der Waals surface area (Å²) in [5, 5.41) is 0. The minimum Gasteiger partial charge on any atom is -0.468 e. The number of rotatable bonds is 3. The van der Waals surface area contributed by atoms with Crippen molar-refractivity contribution in [1.82, 2.24) is 9.80 Å². The highest BCUT2D eigenvalue weighted by Gasteiger charge is 2.33. The molecule has 1 atom stereocenters. The third kappa shape index (κ3) is 2.25. The number of carbonyl (C=O) groups is 2. The molecule has 1 unspecified atom stereocenters. The summed E-state index contributed by atoms with van der Waals surface area (Å²) in [6.07, 6.45) is 6.27. The van der Waals surface area contributed by atoms with Gasteiger partial charge in [-0.1, -0.05) is 0 Å². The Morgan fingerprint density at radius 1 is 1.42 bits per heavy atom. The lowest BCUT2D eigenvalue weighted by Crippen LogP contribution is -2.32. The number of hydrogen-bond acceptors (Lipinski definition) is 4. The van der Waals surface area contributed by atoms with Gasteiger partial charge in [-0.3, -0.25) is 9.59 Å². The fourth-order valence-corrected chi connectivity index (χ4v) is 2.83. The van der Waals surface area contributed by atoms with Crippen LogP contribution in [0.4, 0.5) is 0 Å². The van der Waals surface area contributed by atoms with Crippen molar-refractivity contribution in [3.63, 3.8) is 0 Å². The van der Waals surface area contributed by atoms with Crippen molar-refractivity contribution in [2.75, 3.05) is 20.1 Å². The van der Waals surface area contributed by atoms with Crippen LogP contribution < -0.4 is 0 Å². The van der Waals surface area contributed by atoms with E-state index in [9.17, 15) is 9.59 Å². The number of fused-ring (bicyclic) bond motifs is 1. The molecule has 2 saturated heterocycles. The molecule has 0 aromatic carbocycles. The third-order valence-electron chi connectivity index (χ3n) is 3.93. The Morgan fingerprint density at radius 3 is 3.00 bits per heavy atom. The van der Waals surface area contributed by atoms with Crippen LogP contribution in [-0.2, 0) is 14.3 Å². The number of amides is 1. The van der Waals surface area contributed by atoms with Gasteiger partial charge in [0.2, 0.25) is 5.91 Å². The molecule has 0 N–H and O–H groups in total. The molecule has 3 rings (SSSR count). The molecule has 102 valence electrons. The first-order valence-electron chi connectivity index (χ1n) is 6.77. The van der Waals surface area contributed by atoms with Crippen LogP contribution in [0.3, 0.4) is 0 Å². The minimum atomic E-state index is -0.0724. The van der Waals surface area contributed by atoms with E-state index in [2.05, 4.69) is 4.90 Å². The van der Waals surface area contributed by atoms with Crippen molar-refractivity contribution in [3.05, 3.63) is 23.6 Å². The molecule has 2 aliphatic heterocycles. The highest BCUT2D eigenvalue weighted by atomic mass is 16.5. The van der Waals surface area contributed by atoms with Crippen LogP contribution in [0.1, 0.15) is 25.7 Å². The van der Waals surface area contributed by atoms with Gasteiger partial charge in [0.25, 0.3) is 0 Å². The van der Waals surface area contributed by atoms with Crippen molar-refractivity contribution >= 4 is 11.7 Å². The van der Waals surface area contributed by atoms with E-state index < -0.39 is 0 Å². The first kappa shape index (κ1) is 12.3. The summed E-state index contributed by atoms with van der Waals surface area (Å²) in [5.41, 5.74) is 0.998. The van der Waals surface area contributed by atoms with Crippen molar-refractivity contribution in [2.24, 2.45) is 0 Å². The molecule has 1 aliphatic carbocycles. The third-order valence-corrected chi connectivity index (χ3v) is 3.93. The molecule has 0 bridgehead atoms. The smallest absolute Gasteiger partial charge is 0.222 e. The lowest BCUT2D eigenvalue weighted by Gasteiger charge is -2.23. The first-order chi connectivity index (χ1) is 9.15. The predicted molar refractivity (Wildman–Crippen MR) is 68.9 cm³/mol. The fourth-order valence-electron chi connectivity index (χ4n) is 2.83. The van der Waals surface area contributed by atoms with Gasteiger partial charge >= 0.3 is 0 Å². The van der Waals surface area contributed by atoms with Crippen LogP contribution in [0.2, 0.25) is 0 Å². The maximum atomic E-state index is 11.6. The van der Waals surface area contributed by atoms with Gasteiger partial charge in [-0.05, 0) is 12.5 Å². The molecule has 2 heterocycles. The summed E-state index contributed by atoms with van der Waals surface area (Å²) in [5.74, 6) is 1.01. The second kappa shape index (κ2) is 4.72. The van der Waals surface area contributed by atoms with Gasteiger partial charge in [0, 0.05) is 45.5 Å². The second-order valence-electron chi connectivity index (χ2n) is 5.22. The topological polar surface area (TPSA) is 49.9 Å². The van der Waals surface area contributed by atoms with E-state index in [4.69, 9.17) is 4.74 Å². The Morgan fingerprint density at radius 2 is 2.26 bits per heavy atom. The summed E-state index contributed by atoms with van der Waals surface area (Å²) < 4.78 is 5.80. The maximum absolute atomic E-state index is 11.6. The summed E-state index contributed by atoms with van der Waals surface area (Å²) >= 11 is 0. The van der Waals surface area contributed by atoms with E-state index >= 15 is 0 Å². The van der Waals surface area contributed by atoms with Crippen LogP contribution in [0.5, 0.6) is 0 Å². The van der Waals surface area contributed by atoms with Crippen molar-refractivity contribution in [1.29, 1.82) is 0 Å². The number of carbonyl (C=O) groups excluding carboxylic acids is 2. The predicted octanol–water partition coefficient (Wildman–Crippen LogP) is 1.03. The van der Waals surface area contributed by atoms with Crippen LogP contribution in [0, 0.1) is 0 Å². The molecule has 5 nitrogen and oxygen atoms in total. The van der Waals surface area contributed by atoms with Gasteiger partial charge in [0.05, 0.1) is 5.70 Å². The number of likely N-dealkylation sites (N-methyl/N-ethyl adjacent to an activating group) is 1. The zero-order valence-corrected chi connectivity index (χ0v) is 11.1. The Hall–Kier alpha value is -1.78. The molecule has 0 saturated carbocycles. The standard InChI is InChI=1S/C14H18N2O3/c1-15-11-5-4-10(17)9-12(11)19-14(15)6-8-16-7-2-3-13(16)18/h5,9,14H,2-4,6-8H2,1H3. The number of ether oxygens (including phenoxy) is 1. The largest absolute Gasteiger partial charge is 0.468 e. The average molecular weight is 262 g/mol. The Labute approximate surface area is 112 Å². The Balaban J connectivity index is 1.62. The normalized spacial score (nSPS) is 26.3.